The van der Waals surface area contributed by atoms with Crippen LogP contribution in [0.2, 0.25) is 0 Å². The molecule has 3 aromatic heterocycles. The number of ketones is 1. The summed E-state index contributed by atoms with van der Waals surface area (Å²) in [5.41, 5.74) is 1.65. The van der Waals surface area contributed by atoms with Gasteiger partial charge in [-0.2, -0.15) is 5.26 Å². The van der Waals surface area contributed by atoms with E-state index in [2.05, 4.69) is 15.0 Å². The Morgan fingerprint density at radius 3 is 2.45 bits per heavy atom. The van der Waals surface area contributed by atoms with Gasteiger partial charge in [-0.05, 0) is 12.1 Å². The summed E-state index contributed by atoms with van der Waals surface area (Å²) in [6.45, 7) is 8.72. The van der Waals surface area contributed by atoms with Gasteiger partial charge in [0.2, 0.25) is 0 Å². The summed E-state index contributed by atoms with van der Waals surface area (Å²) in [5, 5.41) is 8.73. The fraction of sp³-hybridized carbons (Fsp3) is 0.435. The van der Waals surface area contributed by atoms with Crippen molar-refractivity contribution in [1.82, 2.24) is 19.9 Å². The molecule has 1 amide bonds. The van der Waals surface area contributed by atoms with Gasteiger partial charge in [0.1, 0.15) is 12.1 Å². The molecular weight excluding hydrogens is 442 g/mol. The SMILES string of the molecule is C1COCCO1.CN(CC#N)C(=O)c1ccc(-c2cnc3[nH]cc(C(=O)C(C)(C)C)c3n2)s1. The van der Waals surface area contributed by atoms with Crippen LogP contribution in [0.15, 0.2) is 24.5 Å². The van der Waals surface area contributed by atoms with E-state index >= 15 is 0 Å². The highest BCUT2D eigenvalue weighted by Gasteiger charge is 2.26. The number of fused-ring (bicyclic) bond motifs is 1. The lowest BCUT2D eigenvalue weighted by atomic mass is 9.87. The number of Topliss-reactive ketones (excluding diaryl/α,β-unsaturated/α-hetero) is 1. The Kier molecular flexibility index (Phi) is 7.92. The van der Waals surface area contributed by atoms with Crippen molar-refractivity contribution in [3.63, 3.8) is 0 Å². The zero-order valence-corrected chi connectivity index (χ0v) is 20.0. The molecule has 0 spiro atoms. The predicted molar refractivity (Wildman–Crippen MR) is 125 cm³/mol. The monoisotopic (exact) mass is 469 g/mol. The lowest BCUT2D eigenvalue weighted by Crippen LogP contribution is -2.26. The van der Waals surface area contributed by atoms with Crippen molar-refractivity contribution in [3.8, 4) is 16.6 Å². The maximum atomic E-state index is 12.7. The van der Waals surface area contributed by atoms with Crippen LogP contribution in [0.3, 0.4) is 0 Å². The largest absolute Gasteiger partial charge is 0.377 e. The van der Waals surface area contributed by atoms with Crippen LogP contribution in [0.5, 0.6) is 0 Å². The van der Waals surface area contributed by atoms with Crippen LogP contribution in [0, 0.1) is 16.7 Å². The Bertz CT molecular complexity index is 1160. The lowest BCUT2D eigenvalue weighted by Gasteiger charge is -2.15. The average molecular weight is 470 g/mol. The van der Waals surface area contributed by atoms with E-state index in [0.717, 1.165) is 31.3 Å². The van der Waals surface area contributed by atoms with Crippen molar-refractivity contribution in [1.29, 1.82) is 5.26 Å². The van der Waals surface area contributed by atoms with Crippen LogP contribution >= 0.6 is 11.3 Å². The van der Waals surface area contributed by atoms with Gasteiger partial charge < -0.3 is 19.4 Å². The molecule has 174 valence electrons. The van der Waals surface area contributed by atoms with Crippen LogP contribution in [-0.2, 0) is 9.47 Å². The number of thiophene rings is 1. The minimum Gasteiger partial charge on any atom is -0.377 e. The van der Waals surface area contributed by atoms with Crippen molar-refractivity contribution < 1.29 is 19.1 Å². The summed E-state index contributed by atoms with van der Waals surface area (Å²) in [5.74, 6) is -0.229. The highest BCUT2D eigenvalue weighted by molar-refractivity contribution is 7.17. The first kappa shape index (κ1) is 24.5. The number of carbonyl (C=O) groups excluding carboxylic acids is 2. The molecule has 0 aliphatic carbocycles. The van der Waals surface area contributed by atoms with Crippen LogP contribution in [0.1, 0.15) is 40.8 Å². The fourth-order valence-electron chi connectivity index (χ4n) is 2.98. The van der Waals surface area contributed by atoms with Crippen molar-refractivity contribution >= 4 is 34.2 Å². The fourth-order valence-corrected chi connectivity index (χ4v) is 3.94. The van der Waals surface area contributed by atoms with E-state index in [4.69, 9.17) is 14.7 Å². The number of nitrogens with one attached hydrogen (secondary N) is 1. The van der Waals surface area contributed by atoms with Gasteiger partial charge in [0.05, 0.1) is 59.7 Å². The zero-order valence-electron chi connectivity index (χ0n) is 19.2. The van der Waals surface area contributed by atoms with Crippen molar-refractivity contribution in [2.24, 2.45) is 5.41 Å². The molecule has 1 saturated heterocycles. The van der Waals surface area contributed by atoms with Gasteiger partial charge >= 0.3 is 0 Å². The van der Waals surface area contributed by atoms with Crippen molar-refractivity contribution in [2.45, 2.75) is 20.8 Å². The van der Waals surface area contributed by atoms with Gasteiger partial charge in [-0.15, -0.1) is 11.3 Å². The molecule has 1 aliphatic heterocycles. The minimum atomic E-state index is -0.527. The molecule has 1 N–H and O–H groups in total. The molecule has 4 rings (SSSR count). The molecule has 0 radical (unpaired) electrons. The third-order valence-corrected chi connectivity index (χ3v) is 5.87. The lowest BCUT2D eigenvalue weighted by molar-refractivity contribution is -0.0334. The number of carbonyl (C=O) groups is 2. The topological polar surface area (TPSA) is 121 Å². The van der Waals surface area contributed by atoms with Gasteiger partial charge in [-0.1, -0.05) is 20.8 Å². The van der Waals surface area contributed by atoms with Gasteiger partial charge in [0, 0.05) is 18.7 Å². The second kappa shape index (κ2) is 10.7. The summed E-state index contributed by atoms with van der Waals surface area (Å²) >= 11 is 1.28. The standard InChI is InChI=1S/C19H19N5O2S.C4H8O2/c1-19(2,3)16(25)11-9-21-17-15(11)23-12(10-22-17)13-5-6-14(27-13)18(26)24(4)8-7-20;1-2-6-4-3-5-1/h5-6,9-10H,8H2,1-4H3,(H,21,22);1-4H2. The molecule has 0 aromatic carbocycles. The van der Waals surface area contributed by atoms with Crippen LogP contribution in [-0.4, -0.2) is 71.6 Å². The summed E-state index contributed by atoms with van der Waals surface area (Å²) in [6.07, 6.45) is 3.26. The quantitative estimate of drug-likeness (QED) is 0.458. The number of nitrogens with zero attached hydrogens (tertiary/aromatic N) is 4. The number of amides is 1. The van der Waals surface area contributed by atoms with Gasteiger partial charge in [-0.3, -0.25) is 9.59 Å². The van der Waals surface area contributed by atoms with Crippen LogP contribution in [0.25, 0.3) is 21.7 Å². The smallest absolute Gasteiger partial charge is 0.264 e. The number of ether oxygens (including phenoxy) is 2. The second-order valence-corrected chi connectivity index (χ2v) is 9.53. The summed E-state index contributed by atoms with van der Waals surface area (Å²) < 4.78 is 9.89. The van der Waals surface area contributed by atoms with Crippen LogP contribution in [0.4, 0.5) is 0 Å². The number of H-pyrrole nitrogens is 1. The Labute approximate surface area is 196 Å². The van der Waals surface area contributed by atoms with Crippen molar-refractivity contribution in [2.75, 3.05) is 40.0 Å². The minimum absolute atomic E-state index is 0.0135. The molecule has 4 heterocycles. The number of nitriles is 1. The van der Waals surface area contributed by atoms with Crippen molar-refractivity contribution in [3.05, 3.63) is 35.0 Å². The summed E-state index contributed by atoms with van der Waals surface area (Å²) in [6, 6.07) is 5.46. The van der Waals surface area contributed by atoms with E-state index in [1.54, 1.807) is 31.6 Å². The maximum Gasteiger partial charge on any atom is 0.264 e. The highest BCUT2D eigenvalue weighted by atomic mass is 32.1. The first-order chi connectivity index (χ1) is 15.7. The molecule has 0 bridgehead atoms. The molecule has 1 fully saturated rings. The summed E-state index contributed by atoms with van der Waals surface area (Å²) in [4.78, 5) is 39.6. The van der Waals surface area contributed by atoms with E-state index in [9.17, 15) is 9.59 Å². The third-order valence-electron chi connectivity index (χ3n) is 4.77. The first-order valence-electron chi connectivity index (χ1n) is 10.5. The molecule has 3 aromatic rings. The normalized spacial score (nSPS) is 13.7. The van der Waals surface area contributed by atoms with E-state index in [0.29, 0.717) is 27.3 Å². The molecule has 33 heavy (non-hydrogen) atoms. The van der Waals surface area contributed by atoms with Gasteiger partial charge in [0.15, 0.2) is 11.4 Å². The summed E-state index contributed by atoms with van der Waals surface area (Å²) in [7, 11) is 1.58. The van der Waals surface area contributed by atoms with Gasteiger partial charge in [0.25, 0.3) is 5.91 Å². The number of aromatic nitrogens is 3. The molecular formula is C23H27N5O4S. The first-order valence-corrected chi connectivity index (χ1v) is 11.3. The Morgan fingerprint density at radius 1 is 1.21 bits per heavy atom. The molecule has 0 unspecified atom stereocenters. The molecule has 1 aliphatic rings. The van der Waals surface area contributed by atoms with E-state index in [1.807, 2.05) is 26.8 Å². The Morgan fingerprint density at radius 2 is 1.88 bits per heavy atom. The van der Waals surface area contributed by atoms with E-state index in [1.165, 1.54) is 16.2 Å². The van der Waals surface area contributed by atoms with E-state index in [-0.39, 0.29) is 18.2 Å². The highest BCUT2D eigenvalue weighted by Crippen LogP contribution is 2.30. The average Bonchev–Trinajstić information content (AvgIpc) is 3.46. The number of aromatic amines is 1. The second-order valence-electron chi connectivity index (χ2n) is 8.44. The molecule has 10 heteroatoms. The zero-order chi connectivity index (χ0) is 24.0. The third kappa shape index (κ3) is 6.01. The van der Waals surface area contributed by atoms with E-state index < -0.39 is 5.41 Å². The van der Waals surface area contributed by atoms with Gasteiger partial charge in [-0.25, -0.2) is 9.97 Å². The maximum absolute atomic E-state index is 12.7. The molecule has 0 atom stereocenters. The Hall–Kier alpha value is -3.13. The Balaban J connectivity index is 0.000000442. The number of rotatable bonds is 4. The molecule has 0 saturated carbocycles. The number of hydrogen-bond donors (Lipinski definition) is 1. The number of hydrogen-bond acceptors (Lipinski definition) is 8. The molecule has 9 nitrogen and oxygen atoms in total. The van der Waals surface area contributed by atoms with Crippen LogP contribution < -0.4 is 0 Å². The predicted octanol–water partition coefficient (Wildman–Crippen LogP) is 3.54.